The van der Waals surface area contributed by atoms with Gasteiger partial charge in [-0.15, -0.1) is 22.1 Å². The molecule has 3 aromatic rings. The molecule has 0 amide bonds. The van der Waals surface area contributed by atoms with E-state index in [0.717, 1.165) is 47.7 Å². The zero-order chi connectivity index (χ0) is 47.1. The van der Waals surface area contributed by atoms with Gasteiger partial charge in [0.05, 0.1) is 18.5 Å². The first-order valence-electron chi connectivity index (χ1n) is 24.0. The molecule has 3 aliphatic rings. The number of ether oxygens (including phenoxy) is 2. The summed E-state index contributed by atoms with van der Waals surface area (Å²) in [5, 5.41) is 0. The van der Waals surface area contributed by atoms with Crippen molar-refractivity contribution in [1.29, 1.82) is 0 Å². The maximum Gasteiger partial charge on any atom is 2.00 e. The summed E-state index contributed by atoms with van der Waals surface area (Å²) in [6.07, 6.45) is 16.8. The molecule has 6 rings (SSSR count). The molecule has 66 heavy (non-hydrogen) atoms. The molecule has 3 aromatic heterocycles. The van der Waals surface area contributed by atoms with E-state index in [0.29, 0.717) is 85.9 Å². The number of carbonyl (C=O) groups excluding carboxylic acids is 4. The van der Waals surface area contributed by atoms with E-state index in [-0.39, 0.29) is 53.9 Å². The van der Waals surface area contributed by atoms with E-state index >= 15 is 0 Å². The Kier molecular flexibility index (Phi) is 18.6. The number of rotatable bonds is 21. The van der Waals surface area contributed by atoms with E-state index in [9.17, 15) is 19.2 Å². The smallest absolute Gasteiger partial charge is 0.657 e. The van der Waals surface area contributed by atoms with E-state index in [4.69, 9.17) is 29.4 Å². The molecule has 0 aromatic carbocycles. The topological polar surface area (TPSA) is 141 Å². The average Bonchev–Trinajstić information content (AvgIpc) is 4.02. The molecule has 5 atom stereocenters. The largest absolute Gasteiger partial charge is 2.00 e. The summed E-state index contributed by atoms with van der Waals surface area (Å²) in [5.74, 6) is -0.983. The van der Waals surface area contributed by atoms with Gasteiger partial charge in [0.2, 0.25) is 0 Å². The van der Waals surface area contributed by atoms with Gasteiger partial charge in [-0.25, -0.2) is 4.98 Å². The van der Waals surface area contributed by atoms with E-state index < -0.39 is 17.7 Å². The van der Waals surface area contributed by atoms with E-state index in [2.05, 4.69) is 41.2 Å². The van der Waals surface area contributed by atoms with Crippen LogP contribution >= 0.6 is 0 Å². The molecule has 0 spiro atoms. The fourth-order valence-electron chi connectivity index (χ4n) is 10.0. The summed E-state index contributed by atoms with van der Waals surface area (Å²) in [7, 11) is 1.27. The summed E-state index contributed by atoms with van der Waals surface area (Å²) in [6, 6.07) is 5.55. The number of fused-ring (bicyclic) bond motifs is 8. The molecule has 2 aliphatic heterocycles. The Labute approximate surface area is 408 Å². The number of Topliss-reactive ketones (excluding diaryl/α,β-unsaturated/α-hetero) is 1. The minimum atomic E-state index is -1.27. The average molecular weight is 907 g/mol. The number of aldehydes is 1. The number of ketones is 1. The number of aromatic nitrogens is 4. The third-order valence-corrected chi connectivity index (χ3v) is 14.1. The summed E-state index contributed by atoms with van der Waals surface area (Å²) >= 11 is 0. The van der Waals surface area contributed by atoms with E-state index in [1.165, 1.54) is 57.6 Å². The quantitative estimate of drug-likeness (QED) is 0.0333. The number of esters is 2. The van der Waals surface area contributed by atoms with Crippen molar-refractivity contribution in [2.45, 2.75) is 157 Å². The molecule has 8 bridgehead atoms. The fourth-order valence-corrected chi connectivity index (χ4v) is 10.0. The fraction of sp³-hybridized carbons (Fsp3) is 0.527. The zero-order valence-corrected chi connectivity index (χ0v) is 42.7. The number of aryl methyl sites for hydroxylation is 2. The molecular weight excluding hydrogens is 837 g/mol. The number of hydrogen-bond acceptors (Lipinski definition) is 8. The second-order valence-electron chi connectivity index (χ2n) is 19.3. The molecule has 0 radical (unpaired) electrons. The van der Waals surface area contributed by atoms with Crippen molar-refractivity contribution < 1.29 is 28.7 Å². The van der Waals surface area contributed by atoms with Crippen LogP contribution in [0.1, 0.15) is 199 Å². The van der Waals surface area contributed by atoms with Crippen molar-refractivity contribution in [3.63, 3.8) is 0 Å². The Morgan fingerprint density at radius 3 is 2.17 bits per heavy atom. The standard InChI is InChI=1S/C55H71N4O6.Mg/c1-12-38-35(8)42-27-43-36(9)40(23-24-48(61)65-26-25-34(7)22-16-21-33(6)20-15-19-32(5)18-14-17-31(3)4)52(58-43)50-51(55(63)64-11)54(62)49-37(10)44(59-53(49)50)28-46-39(13-2)41(30-60)47(57-46)29-45(38)56-42;/h12,25,27-33,36,40,51H,1,13-24,26H2,2-11H3,(H-,56,57,58,59,60,62);/q-1;+2/p-1. The molecule has 5 unspecified atom stereocenters. The van der Waals surface area contributed by atoms with Gasteiger partial charge in [-0.1, -0.05) is 128 Å². The van der Waals surface area contributed by atoms with Gasteiger partial charge in [0.25, 0.3) is 0 Å². The summed E-state index contributed by atoms with van der Waals surface area (Å²) in [6.45, 7) is 23.5. The van der Waals surface area contributed by atoms with E-state index in [1.807, 2.05) is 45.9 Å². The summed E-state index contributed by atoms with van der Waals surface area (Å²) in [4.78, 5) is 74.1. The number of hydrogen-bond donors (Lipinski definition) is 0. The second kappa shape index (κ2) is 23.4. The monoisotopic (exact) mass is 907 g/mol. The van der Waals surface area contributed by atoms with Crippen LogP contribution in [-0.2, 0) is 23.9 Å². The first-order chi connectivity index (χ1) is 31.1. The Morgan fingerprint density at radius 1 is 0.879 bits per heavy atom. The van der Waals surface area contributed by atoms with Crippen molar-refractivity contribution in [2.24, 2.45) is 17.8 Å². The molecule has 10 nitrogen and oxygen atoms in total. The van der Waals surface area contributed by atoms with Gasteiger partial charge >= 0.3 is 35.0 Å². The third kappa shape index (κ3) is 11.6. The maximum atomic E-state index is 14.4. The number of nitrogens with zero attached hydrogens (tertiary/aromatic N) is 4. The van der Waals surface area contributed by atoms with Crippen LogP contribution in [0, 0.1) is 31.6 Å². The molecule has 0 saturated carbocycles. The normalized spacial score (nSPS) is 17.8. The van der Waals surface area contributed by atoms with Gasteiger partial charge < -0.3 is 19.4 Å². The molecule has 11 heteroatoms. The molecule has 0 saturated heterocycles. The van der Waals surface area contributed by atoms with Crippen molar-refractivity contribution in [1.82, 2.24) is 19.9 Å². The van der Waals surface area contributed by atoms with Crippen LogP contribution in [0.5, 0.6) is 0 Å². The Balaban J connectivity index is 0.00000817. The molecule has 0 fully saturated rings. The van der Waals surface area contributed by atoms with Crippen LogP contribution in [0.4, 0.5) is 0 Å². The van der Waals surface area contributed by atoms with Gasteiger partial charge in [-0.2, -0.15) is 0 Å². The van der Waals surface area contributed by atoms with Crippen molar-refractivity contribution in [2.75, 3.05) is 13.7 Å². The molecule has 1 aliphatic carbocycles. The van der Waals surface area contributed by atoms with Crippen LogP contribution in [-0.4, -0.2) is 70.7 Å². The Bertz CT molecular complexity index is 2540. The number of allylic oxidation sites excluding steroid dienone is 3. The molecular formula is C55H70MgN4O6. The Hall–Kier alpha value is -4.61. The zero-order valence-electron chi connectivity index (χ0n) is 41.3. The maximum absolute atomic E-state index is 14.4. The van der Waals surface area contributed by atoms with E-state index in [1.54, 1.807) is 12.1 Å². The SMILES string of the molecule is C=Cc1c(C)c2cc3nc(c4c5[n-]c(cc6nc(cc1[n-]2)C(C=O)=C6CC)c(C)c5C(=O)C4C(=O)OC)C(CCC(=O)OCC=C(C)CCCC(C)CCCC(C)CCCC(C)C)C3C.[Mg+2]. The summed E-state index contributed by atoms with van der Waals surface area (Å²) in [5.41, 5.74) is 9.91. The molecule has 5 heterocycles. The van der Waals surface area contributed by atoms with Crippen molar-refractivity contribution in [3.8, 4) is 0 Å². The van der Waals surface area contributed by atoms with Crippen LogP contribution in [0.25, 0.3) is 39.3 Å². The van der Waals surface area contributed by atoms with Gasteiger partial charge in [0.15, 0.2) is 12.1 Å². The van der Waals surface area contributed by atoms with Gasteiger partial charge in [0, 0.05) is 40.8 Å². The van der Waals surface area contributed by atoms with Crippen LogP contribution in [0.2, 0.25) is 0 Å². The first kappa shape index (κ1) is 52.4. The minimum Gasteiger partial charge on any atom is -0.657 e. The van der Waals surface area contributed by atoms with Gasteiger partial charge in [0.1, 0.15) is 12.5 Å². The number of methoxy groups -OCH3 is 1. The Morgan fingerprint density at radius 2 is 1.53 bits per heavy atom. The van der Waals surface area contributed by atoms with Gasteiger partial charge in [-0.3, -0.25) is 24.2 Å². The third-order valence-electron chi connectivity index (χ3n) is 14.1. The minimum absolute atomic E-state index is 0. The first-order valence-corrected chi connectivity index (χ1v) is 24.0. The molecule has 0 N–H and O–H groups in total. The van der Waals surface area contributed by atoms with Crippen LogP contribution < -0.4 is 9.97 Å². The van der Waals surface area contributed by atoms with Crippen molar-refractivity contribution in [3.05, 3.63) is 87.0 Å². The molecule has 348 valence electrons. The predicted octanol–water partition coefficient (Wildman–Crippen LogP) is 12.0. The van der Waals surface area contributed by atoms with Crippen LogP contribution in [0.15, 0.2) is 36.4 Å². The van der Waals surface area contributed by atoms with Crippen LogP contribution in [0.3, 0.4) is 0 Å². The van der Waals surface area contributed by atoms with Gasteiger partial charge in [-0.05, 0) is 93.1 Å². The second-order valence-corrected chi connectivity index (χ2v) is 19.3. The van der Waals surface area contributed by atoms with Crippen molar-refractivity contribution >= 4 is 86.3 Å². The predicted molar refractivity (Wildman–Crippen MR) is 266 cm³/mol. The summed E-state index contributed by atoms with van der Waals surface area (Å²) < 4.78 is 11.0. The number of carbonyl (C=O) groups is 4.